The molecule has 2 atom stereocenters. The Morgan fingerprint density at radius 1 is 1.44 bits per heavy atom. The van der Waals surface area contributed by atoms with Gasteiger partial charge in [-0.3, -0.25) is 0 Å². The summed E-state index contributed by atoms with van der Waals surface area (Å²) in [5.41, 5.74) is 0. The van der Waals surface area contributed by atoms with Crippen LogP contribution in [-0.4, -0.2) is 44.9 Å². The average molecular weight is 245 g/mol. The summed E-state index contributed by atoms with van der Waals surface area (Å²) >= 11 is 1.31. The van der Waals surface area contributed by atoms with E-state index in [2.05, 4.69) is 9.36 Å². The van der Waals surface area contributed by atoms with E-state index >= 15 is 0 Å². The van der Waals surface area contributed by atoms with Crippen LogP contribution in [0.25, 0.3) is 0 Å². The Balaban J connectivity index is 2.82. The summed E-state index contributed by atoms with van der Waals surface area (Å²) in [5.74, 6) is 0.806. The number of hydrogen-bond donors (Lipinski definition) is 2. The highest BCUT2D eigenvalue weighted by Gasteiger charge is 2.19. The lowest BCUT2D eigenvalue weighted by molar-refractivity contribution is 0.189. The standard InChI is InChI=1S/C10H19N3O2S/c1-4-9-11-10(16-12-9)13(5-8(3)15)7(2)6-14/h7-8,14-15H,4-6H2,1-3H3. The molecule has 16 heavy (non-hydrogen) atoms. The quantitative estimate of drug-likeness (QED) is 0.771. The maximum absolute atomic E-state index is 9.43. The molecule has 92 valence electrons. The first-order chi connectivity index (χ1) is 7.58. The second kappa shape index (κ2) is 6.12. The number of anilines is 1. The van der Waals surface area contributed by atoms with Crippen LogP contribution in [0, 0.1) is 0 Å². The minimum absolute atomic E-state index is 0.0355. The highest BCUT2D eigenvalue weighted by atomic mass is 32.1. The Kier molecular flexibility index (Phi) is 5.11. The highest BCUT2D eigenvalue weighted by molar-refractivity contribution is 7.09. The third kappa shape index (κ3) is 3.40. The van der Waals surface area contributed by atoms with Crippen LogP contribution in [0.5, 0.6) is 0 Å². The first-order valence-corrected chi connectivity index (χ1v) is 6.24. The van der Waals surface area contributed by atoms with Crippen molar-refractivity contribution in [3.05, 3.63) is 5.82 Å². The zero-order valence-corrected chi connectivity index (χ0v) is 10.7. The molecule has 0 amide bonds. The van der Waals surface area contributed by atoms with Crippen LogP contribution in [0.4, 0.5) is 5.13 Å². The van der Waals surface area contributed by atoms with Gasteiger partial charge in [-0.15, -0.1) is 0 Å². The Hall–Kier alpha value is -0.720. The number of nitrogens with zero attached hydrogens (tertiary/aromatic N) is 3. The van der Waals surface area contributed by atoms with Gasteiger partial charge in [-0.2, -0.15) is 4.37 Å². The fraction of sp³-hybridized carbons (Fsp3) is 0.800. The van der Waals surface area contributed by atoms with Gasteiger partial charge in [0.2, 0.25) is 5.13 Å². The van der Waals surface area contributed by atoms with E-state index in [1.54, 1.807) is 6.92 Å². The molecule has 0 radical (unpaired) electrons. The largest absolute Gasteiger partial charge is 0.394 e. The van der Waals surface area contributed by atoms with Gasteiger partial charge < -0.3 is 15.1 Å². The molecule has 0 aliphatic heterocycles. The van der Waals surface area contributed by atoms with Gasteiger partial charge in [0.25, 0.3) is 0 Å². The summed E-state index contributed by atoms with van der Waals surface area (Å²) in [6.07, 6.45) is 0.343. The third-order valence-corrected chi connectivity index (χ3v) is 3.07. The fourth-order valence-electron chi connectivity index (χ4n) is 1.33. The smallest absolute Gasteiger partial charge is 0.205 e. The van der Waals surface area contributed by atoms with Crippen LogP contribution in [0.2, 0.25) is 0 Å². The first kappa shape index (κ1) is 13.3. The van der Waals surface area contributed by atoms with Crippen molar-refractivity contribution in [2.45, 2.75) is 39.3 Å². The fourth-order valence-corrected chi connectivity index (χ4v) is 2.20. The van der Waals surface area contributed by atoms with E-state index < -0.39 is 6.10 Å². The van der Waals surface area contributed by atoms with Crippen molar-refractivity contribution in [2.75, 3.05) is 18.1 Å². The molecule has 0 aliphatic carbocycles. The lowest BCUT2D eigenvalue weighted by atomic mass is 10.3. The van der Waals surface area contributed by atoms with Crippen molar-refractivity contribution in [3.63, 3.8) is 0 Å². The maximum Gasteiger partial charge on any atom is 0.205 e. The van der Waals surface area contributed by atoms with Crippen molar-refractivity contribution >= 4 is 16.7 Å². The highest BCUT2D eigenvalue weighted by Crippen LogP contribution is 2.20. The van der Waals surface area contributed by atoms with Gasteiger partial charge in [-0.25, -0.2) is 4.98 Å². The Labute approximate surface area is 99.9 Å². The van der Waals surface area contributed by atoms with E-state index in [0.29, 0.717) is 6.54 Å². The van der Waals surface area contributed by atoms with Gasteiger partial charge in [0.05, 0.1) is 18.8 Å². The van der Waals surface area contributed by atoms with Crippen molar-refractivity contribution in [1.29, 1.82) is 0 Å². The summed E-state index contributed by atoms with van der Waals surface area (Å²) < 4.78 is 4.21. The normalized spacial score (nSPS) is 14.8. The predicted molar refractivity (Wildman–Crippen MR) is 64.9 cm³/mol. The van der Waals surface area contributed by atoms with Crippen molar-refractivity contribution in [2.24, 2.45) is 0 Å². The summed E-state index contributed by atoms with van der Waals surface area (Å²) in [6.45, 7) is 6.11. The number of aliphatic hydroxyl groups excluding tert-OH is 2. The number of aryl methyl sites for hydroxylation is 1. The molecule has 1 aromatic heterocycles. The molecular formula is C10H19N3O2S. The van der Waals surface area contributed by atoms with E-state index in [1.807, 2.05) is 18.7 Å². The molecule has 0 aliphatic rings. The third-order valence-electron chi connectivity index (χ3n) is 2.28. The Bertz CT molecular complexity index is 317. The zero-order valence-electron chi connectivity index (χ0n) is 9.92. The van der Waals surface area contributed by atoms with Gasteiger partial charge in [-0.1, -0.05) is 6.92 Å². The van der Waals surface area contributed by atoms with E-state index in [4.69, 9.17) is 0 Å². The molecule has 2 N–H and O–H groups in total. The molecule has 5 nitrogen and oxygen atoms in total. The summed E-state index contributed by atoms with van der Waals surface area (Å²) in [4.78, 5) is 6.25. The average Bonchev–Trinajstić information content (AvgIpc) is 2.72. The van der Waals surface area contributed by atoms with Crippen molar-refractivity contribution < 1.29 is 10.2 Å². The van der Waals surface area contributed by atoms with Crippen LogP contribution >= 0.6 is 11.5 Å². The van der Waals surface area contributed by atoms with Crippen LogP contribution in [0.3, 0.4) is 0 Å². The van der Waals surface area contributed by atoms with Crippen LogP contribution in [-0.2, 0) is 6.42 Å². The minimum atomic E-state index is -0.456. The number of aliphatic hydroxyl groups is 2. The minimum Gasteiger partial charge on any atom is -0.394 e. The van der Waals surface area contributed by atoms with E-state index in [9.17, 15) is 10.2 Å². The molecule has 0 aromatic carbocycles. The lowest BCUT2D eigenvalue weighted by Gasteiger charge is -2.28. The summed E-state index contributed by atoms with van der Waals surface area (Å²) in [6, 6.07) is -0.0627. The SMILES string of the molecule is CCc1nsc(N(CC(C)O)C(C)CO)n1. The van der Waals surface area contributed by atoms with E-state index in [-0.39, 0.29) is 12.6 Å². The van der Waals surface area contributed by atoms with Crippen LogP contribution < -0.4 is 4.90 Å². The monoisotopic (exact) mass is 245 g/mol. The Morgan fingerprint density at radius 2 is 2.12 bits per heavy atom. The lowest BCUT2D eigenvalue weighted by Crippen LogP contribution is -2.40. The van der Waals surface area contributed by atoms with Gasteiger partial charge >= 0.3 is 0 Å². The molecule has 2 unspecified atom stereocenters. The molecule has 1 aromatic rings. The summed E-state index contributed by atoms with van der Waals surface area (Å²) in [7, 11) is 0. The second-order valence-corrected chi connectivity index (χ2v) is 4.61. The van der Waals surface area contributed by atoms with Crippen molar-refractivity contribution in [1.82, 2.24) is 9.36 Å². The maximum atomic E-state index is 9.43. The predicted octanol–water partition coefficient (Wildman–Crippen LogP) is 0.668. The van der Waals surface area contributed by atoms with Gasteiger partial charge in [0.1, 0.15) is 5.82 Å². The molecule has 6 heteroatoms. The summed E-state index contributed by atoms with van der Waals surface area (Å²) in [5, 5.41) is 19.4. The number of aromatic nitrogens is 2. The molecule has 0 bridgehead atoms. The van der Waals surface area contributed by atoms with Gasteiger partial charge in [0.15, 0.2) is 0 Å². The molecule has 0 spiro atoms. The molecular weight excluding hydrogens is 226 g/mol. The van der Waals surface area contributed by atoms with E-state index in [1.165, 1.54) is 11.5 Å². The van der Waals surface area contributed by atoms with E-state index in [0.717, 1.165) is 17.4 Å². The molecule has 0 saturated carbocycles. The molecule has 1 heterocycles. The van der Waals surface area contributed by atoms with Crippen molar-refractivity contribution in [3.8, 4) is 0 Å². The number of hydrogen-bond acceptors (Lipinski definition) is 6. The first-order valence-electron chi connectivity index (χ1n) is 5.46. The second-order valence-electron chi connectivity index (χ2n) is 3.88. The van der Waals surface area contributed by atoms with Gasteiger partial charge in [0, 0.05) is 24.5 Å². The Morgan fingerprint density at radius 3 is 2.56 bits per heavy atom. The molecule has 1 rings (SSSR count). The zero-order chi connectivity index (χ0) is 12.1. The topological polar surface area (TPSA) is 69.5 Å². The molecule has 0 saturated heterocycles. The van der Waals surface area contributed by atoms with Gasteiger partial charge in [-0.05, 0) is 13.8 Å². The van der Waals surface area contributed by atoms with Crippen LogP contribution in [0.15, 0.2) is 0 Å². The van der Waals surface area contributed by atoms with Crippen LogP contribution in [0.1, 0.15) is 26.6 Å². The number of rotatable bonds is 6. The molecule has 0 fully saturated rings.